The second-order valence-corrected chi connectivity index (χ2v) is 6.37. The molecule has 30 heavy (non-hydrogen) atoms. The van der Waals surface area contributed by atoms with Gasteiger partial charge >= 0.3 is 0 Å². The van der Waals surface area contributed by atoms with E-state index in [1.54, 1.807) is 66.9 Å². The van der Waals surface area contributed by atoms with Crippen LogP contribution in [0.2, 0.25) is 0 Å². The fraction of sp³-hybridized carbons (Fsp3) is 0.217. The summed E-state index contributed by atoms with van der Waals surface area (Å²) in [5.74, 6) is 0.704. The second kappa shape index (κ2) is 10.8. The highest BCUT2D eigenvalue weighted by atomic mass is 16.5. The largest absolute Gasteiger partial charge is 0.491 e. The van der Waals surface area contributed by atoms with Gasteiger partial charge in [0.15, 0.2) is 0 Å². The third kappa shape index (κ3) is 6.22. The zero-order valence-corrected chi connectivity index (χ0v) is 16.7. The van der Waals surface area contributed by atoms with Crippen LogP contribution in [0.1, 0.15) is 33.4 Å². The number of amides is 2. The van der Waals surface area contributed by atoms with Crippen LogP contribution < -0.4 is 15.4 Å². The molecule has 0 bridgehead atoms. The van der Waals surface area contributed by atoms with Crippen molar-refractivity contribution in [3.8, 4) is 5.75 Å². The standard InChI is InChI=1S/C23H24N2O5/c1-2-28-12-13-30-20-9-4-7-18(15-20)23(27)25-19-8-3-6-17(14-19)22(26)24-16-21-10-5-11-29-21/h3-11,14-15H,2,12-13,16H2,1H3,(H,24,26)(H,25,27). The van der Waals surface area contributed by atoms with Crippen LogP contribution in [0.4, 0.5) is 5.69 Å². The molecule has 7 nitrogen and oxygen atoms in total. The molecule has 1 aromatic heterocycles. The molecule has 0 aliphatic carbocycles. The summed E-state index contributed by atoms with van der Waals surface area (Å²) in [4.78, 5) is 24.9. The Hall–Kier alpha value is -3.58. The van der Waals surface area contributed by atoms with Crippen molar-refractivity contribution in [1.82, 2.24) is 5.32 Å². The SMILES string of the molecule is CCOCCOc1cccc(C(=O)Nc2cccc(C(=O)NCc3ccco3)c2)c1. The molecule has 0 aliphatic heterocycles. The Balaban J connectivity index is 1.58. The van der Waals surface area contributed by atoms with Gasteiger partial charge in [0.2, 0.25) is 0 Å². The summed E-state index contributed by atoms with van der Waals surface area (Å²) in [5, 5.41) is 5.59. The van der Waals surface area contributed by atoms with Gasteiger partial charge in [-0.3, -0.25) is 9.59 Å². The highest BCUT2D eigenvalue weighted by Gasteiger charge is 2.11. The summed E-state index contributed by atoms with van der Waals surface area (Å²) >= 11 is 0. The molecule has 0 saturated heterocycles. The van der Waals surface area contributed by atoms with Crippen LogP contribution in [0.3, 0.4) is 0 Å². The van der Waals surface area contributed by atoms with Crippen LogP contribution in [0.5, 0.6) is 5.75 Å². The van der Waals surface area contributed by atoms with Gasteiger partial charge in [0.05, 0.1) is 19.4 Å². The molecule has 0 saturated carbocycles. The maximum atomic E-state index is 12.6. The van der Waals surface area contributed by atoms with E-state index in [4.69, 9.17) is 13.9 Å². The van der Waals surface area contributed by atoms with Crippen LogP contribution in [0.15, 0.2) is 71.3 Å². The maximum absolute atomic E-state index is 12.6. The fourth-order valence-electron chi connectivity index (χ4n) is 2.71. The van der Waals surface area contributed by atoms with Gasteiger partial charge in [0.1, 0.15) is 18.1 Å². The number of hydrogen-bond donors (Lipinski definition) is 2. The molecule has 0 radical (unpaired) electrons. The Morgan fingerprint density at radius 1 is 0.933 bits per heavy atom. The van der Waals surface area contributed by atoms with Gasteiger partial charge in [-0.25, -0.2) is 0 Å². The molecule has 0 spiro atoms. The van der Waals surface area contributed by atoms with Crippen molar-refractivity contribution in [2.75, 3.05) is 25.1 Å². The Morgan fingerprint density at radius 2 is 1.73 bits per heavy atom. The summed E-state index contributed by atoms with van der Waals surface area (Å²) in [6, 6.07) is 17.2. The number of ether oxygens (including phenoxy) is 2. The van der Waals surface area contributed by atoms with Gasteiger partial charge in [0.25, 0.3) is 11.8 Å². The summed E-state index contributed by atoms with van der Waals surface area (Å²) in [7, 11) is 0. The number of anilines is 1. The number of rotatable bonds is 10. The topological polar surface area (TPSA) is 89.8 Å². The summed E-state index contributed by atoms with van der Waals surface area (Å²) in [6.07, 6.45) is 1.55. The Bertz CT molecular complexity index is 969. The highest BCUT2D eigenvalue weighted by molar-refractivity contribution is 6.05. The molecular weight excluding hydrogens is 384 g/mol. The van der Waals surface area contributed by atoms with Crippen molar-refractivity contribution in [1.29, 1.82) is 0 Å². The van der Waals surface area contributed by atoms with Crippen LogP contribution in [0, 0.1) is 0 Å². The van der Waals surface area contributed by atoms with Crippen molar-refractivity contribution < 1.29 is 23.5 Å². The van der Waals surface area contributed by atoms with E-state index < -0.39 is 0 Å². The first kappa shape index (κ1) is 21.1. The van der Waals surface area contributed by atoms with E-state index in [9.17, 15) is 9.59 Å². The van der Waals surface area contributed by atoms with Gasteiger partial charge in [-0.2, -0.15) is 0 Å². The van der Waals surface area contributed by atoms with Crippen molar-refractivity contribution in [3.05, 3.63) is 83.8 Å². The molecule has 0 unspecified atom stereocenters. The number of carbonyl (C=O) groups excluding carboxylic acids is 2. The molecule has 2 amide bonds. The zero-order valence-electron chi connectivity index (χ0n) is 16.7. The molecular formula is C23H24N2O5. The van der Waals surface area contributed by atoms with Crippen LogP contribution in [-0.2, 0) is 11.3 Å². The van der Waals surface area contributed by atoms with Gasteiger partial charge in [0, 0.05) is 23.4 Å². The normalized spacial score (nSPS) is 10.4. The summed E-state index contributed by atoms with van der Waals surface area (Å²) in [5.41, 5.74) is 1.41. The lowest BCUT2D eigenvalue weighted by Crippen LogP contribution is -2.22. The van der Waals surface area contributed by atoms with Crippen LogP contribution >= 0.6 is 0 Å². The highest BCUT2D eigenvalue weighted by Crippen LogP contribution is 2.16. The predicted molar refractivity (Wildman–Crippen MR) is 113 cm³/mol. The molecule has 2 aromatic carbocycles. The Labute approximate surface area is 175 Å². The van der Waals surface area contributed by atoms with E-state index in [1.165, 1.54) is 0 Å². The maximum Gasteiger partial charge on any atom is 0.255 e. The van der Waals surface area contributed by atoms with Gasteiger partial charge in [-0.15, -0.1) is 0 Å². The zero-order chi connectivity index (χ0) is 21.2. The van der Waals surface area contributed by atoms with E-state index in [0.717, 1.165) is 0 Å². The van der Waals surface area contributed by atoms with E-state index in [-0.39, 0.29) is 11.8 Å². The van der Waals surface area contributed by atoms with Gasteiger partial charge in [-0.1, -0.05) is 12.1 Å². The van der Waals surface area contributed by atoms with Crippen molar-refractivity contribution >= 4 is 17.5 Å². The number of nitrogens with one attached hydrogen (secondary N) is 2. The molecule has 3 rings (SSSR count). The Morgan fingerprint density at radius 3 is 2.50 bits per heavy atom. The number of furan rings is 1. The predicted octanol–water partition coefficient (Wildman–Crippen LogP) is 3.88. The Kier molecular flexibility index (Phi) is 7.63. The minimum atomic E-state index is -0.293. The lowest BCUT2D eigenvalue weighted by molar-refractivity contribution is 0.0946. The molecule has 7 heteroatoms. The quantitative estimate of drug-likeness (QED) is 0.497. The first-order valence-electron chi connectivity index (χ1n) is 9.68. The average Bonchev–Trinajstić information content (AvgIpc) is 3.29. The van der Waals surface area contributed by atoms with Gasteiger partial charge < -0.3 is 24.5 Å². The van der Waals surface area contributed by atoms with Crippen molar-refractivity contribution in [3.63, 3.8) is 0 Å². The third-order valence-electron chi connectivity index (χ3n) is 4.18. The monoisotopic (exact) mass is 408 g/mol. The molecule has 3 aromatic rings. The smallest absolute Gasteiger partial charge is 0.255 e. The van der Waals surface area contributed by atoms with E-state index in [0.29, 0.717) is 54.7 Å². The number of hydrogen-bond acceptors (Lipinski definition) is 5. The van der Waals surface area contributed by atoms with Crippen molar-refractivity contribution in [2.24, 2.45) is 0 Å². The average molecular weight is 408 g/mol. The molecule has 0 fully saturated rings. The molecule has 0 atom stereocenters. The molecule has 1 heterocycles. The molecule has 2 N–H and O–H groups in total. The first-order valence-corrected chi connectivity index (χ1v) is 9.68. The van der Waals surface area contributed by atoms with Crippen LogP contribution in [-0.4, -0.2) is 31.6 Å². The van der Waals surface area contributed by atoms with Crippen LogP contribution in [0.25, 0.3) is 0 Å². The summed E-state index contributed by atoms with van der Waals surface area (Å²) < 4.78 is 16.0. The van der Waals surface area contributed by atoms with Crippen molar-refractivity contribution in [2.45, 2.75) is 13.5 Å². The van der Waals surface area contributed by atoms with E-state index >= 15 is 0 Å². The van der Waals surface area contributed by atoms with E-state index in [1.807, 2.05) is 6.92 Å². The second-order valence-electron chi connectivity index (χ2n) is 6.37. The number of carbonyl (C=O) groups is 2. The lowest BCUT2D eigenvalue weighted by atomic mass is 10.1. The minimum absolute atomic E-state index is 0.257. The summed E-state index contributed by atoms with van der Waals surface area (Å²) in [6.45, 7) is 3.74. The third-order valence-corrected chi connectivity index (χ3v) is 4.18. The lowest BCUT2D eigenvalue weighted by Gasteiger charge is -2.10. The first-order chi connectivity index (χ1) is 14.7. The van der Waals surface area contributed by atoms with E-state index in [2.05, 4.69) is 10.6 Å². The molecule has 156 valence electrons. The fourth-order valence-corrected chi connectivity index (χ4v) is 2.71. The molecule has 0 aliphatic rings. The number of benzene rings is 2. The minimum Gasteiger partial charge on any atom is -0.491 e. The van der Waals surface area contributed by atoms with Gasteiger partial charge in [-0.05, 0) is 55.5 Å².